The Morgan fingerprint density at radius 1 is 1.29 bits per heavy atom. The van der Waals surface area contributed by atoms with E-state index in [1.54, 1.807) is 19.3 Å². The number of carbonyl (C=O) groups is 1. The molecule has 1 amide bonds. The van der Waals surface area contributed by atoms with Crippen LogP contribution in [-0.2, 0) is 7.05 Å². The Kier molecular flexibility index (Phi) is 4.43. The fourth-order valence-corrected chi connectivity index (χ4v) is 2.25. The fraction of sp³-hybridized carbons (Fsp3) is 0.375. The van der Waals surface area contributed by atoms with E-state index in [1.807, 2.05) is 38.1 Å². The van der Waals surface area contributed by atoms with Crippen molar-refractivity contribution in [2.75, 3.05) is 27.2 Å². The first-order valence-corrected chi connectivity index (χ1v) is 6.93. The molecule has 1 aromatic carbocycles. The molecular formula is C16H21N3O2. The second-order valence-electron chi connectivity index (χ2n) is 5.57. The zero-order valence-corrected chi connectivity index (χ0v) is 12.9. The van der Waals surface area contributed by atoms with E-state index < -0.39 is 0 Å². The van der Waals surface area contributed by atoms with Gasteiger partial charge in [-0.15, -0.1) is 0 Å². The molecule has 0 unspecified atom stereocenters. The summed E-state index contributed by atoms with van der Waals surface area (Å²) in [6.45, 7) is 3.29. The highest BCUT2D eigenvalue weighted by Crippen LogP contribution is 2.17. The van der Waals surface area contributed by atoms with E-state index in [2.05, 4.69) is 5.32 Å². The van der Waals surface area contributed by atoms with E-state index in [0.717, 1.165) is 12.1 Å². The minimum Gasteiger partial charge on any atom is -0.351 e. The number of nitrogens with one attached hydrogen (secondary N) is 1. The summed E-state index contributed by atoms with van der Waals surface area (Å²) in [5.41, 5.74) is 1.47. The number of rotatable bonds is 4. The van der Waals surface area contributed by atoms with Crippen molar-refractivity contribution in [3.05, 3.63) is 45.9 Å². The number of likely N-dealkylation sites (N-methyl/N-ethyl adjacent to an activating group) is 1. The van der Waals surface area contributed by atoms with Crippen molar-refractivity contribution in [3.8, 4) is 0 Å². The van der Waals surface area contributed by atoms with Gasteiger partial charge in [-0.05, 0) is 27.1 Å². The molecule has 1 aromatic heterocycles. The molecule has 0 aliphatic carbocycles. The number of benzene rings is 1. The second kappa shape index (κ2) is 6.10. The molecule has 2 rings (SSSR count). The monoisotopic (exact) mass is 287 g/mol. The third-order valence-corrected chi connectivity index (χ3v) is 3.43. The molecule has 1 heterocycles. The number of amides is 1. The lowest BCUT2D eigenvalue weighted by molar-refractivity contribution is 0.0952. The maximum absolute atomic E-state index is 12.4. The van der Waals surface area contributed by atoms with Gasteiger partial charge in [0, 0.05) is 37.1 Å². The molecule has 0 radical (unpaired) electrons. The summed E-state index contributed by atoms with van der Waals surface area (Å²) >= 11 is 0. The lowest BCUT2D eigenvalue weighted by Crippen LogP contribution is -2.32. The molecule has 1 N–H and O–H groups in total. The maximum atomic E-state index is 12.4. The normalized spacial score (nSPS) is 11.1. The van der Waals surface area contributed by atoms with E-state index in [1.165, 1.54) is 4.57 Å². The Labute approximate surface area is 124 Å². The van der Waals surface area contributed by atoms with Crippen LogP contribution < -0.4 is 10.9 Å². The summed E-state index contributed by atoms with van der Waals surface area (Å²) in [5.74, 6) is -0.150. The van der Waals surface area contributed by atoms with Crippen LogP contribution in [0.2, 0.25) is 0 Å². The molecule has 2 aromatic rings. The summed E-state index contributed by atoms with van der Waals surface area (Å²) in [5, 5.41) is 4.17. The number of aromatic nitrogens is 1. The minimum atomic E-state index is -0.150. The van der Waals surface area contributed by atoms with Gasteiger partial charge in [-0.25, -0.2) is 0 Å². The highest BCUT2D eigenvalue weighted by molar-refractivity contribution is 6.06. The summed E-state index contributed by atoms with van der Waals surface area (Å²) in [6, 6.07) is 5.55. The topological polar surface area (TPSA) is 54.3 Å². The zero-order valence-electron chi connectivity index (χ0n) is 12.9. The lowest BCUT2D eigenvalue weighted by atomic mass is 10.0. The van der Waals surface area contributed by atoms with Crippen LogP contribution in [0.1, 0.15) is 15.9 Å². The lowest BCUT2D eigenvalue weighted by Gasteiger charge is -2.12. The number of hydrogen-bond donors (Lipinski definition) is 1. The number of fused-ring (bicyclic) bond motifs is 1. The molecule has 0 fully saturated rings. The minimum absolute atomic E-state index is 0.0881. The molecule has 0 spiro atoms. The van der Waals surface area contributed by atoms with E-state index >= 15 is 0 Å². The maximum Gasteiger partial charge on any atom is 0.258 e. The van der Waals surface area contributed by atoms with Crippen LogP contribution in [0.15, 0.2) is 29.2 Å². The van der Waals surface area contributed by atoms with Crippen LogP contribution in [0, 0.1) is 6.92 Å². The average molecular weight is 287 g/mol. The number of nitrogens with zero attached hydrogens (tertiary/aromatic N) is 2. The third kappa shape index (κ3) is 3.31. The third-order valence-electron chi connectivity index (χ3n) is 3.43. The van der Waals surface area contributed by atoms with E-state index in [4.69, 9.17) is 0 Å². The predicted molar refractivity (Wildman–Crippen MR) is 84.8 cm³/mol. The van der Waals surface area contributed by atoms with Crippen LogP contribution in [0.25, 0.3) is 10.8 Å². The van der Waals surface area contributed by atoms with Gasteiger partial charge in [0.05, 0.1) is 5.56 Å². The average Bonchev–Trinajstić information content (AvgIpc) is 2.42. The Bertz CT molecular complexity index is 732. The van der Waals surface area contributed by atoms with Gasteiger partial charge < -0.3 is 14.8 Å². The molecule has 0 saturated carbocycles. The summed E-state index contributed by atoms with van der Waals surface area (Å²) in [4.78, 5) is 26.5. The largest absolute Gasteiger partial charge is 0.351 e. The van der Waals surface area contributed by atoms with Gasteiger partial charge >= 0.3 is 0 Å². The van der Waals surface area contributed by atoms with Gasteiger partial charge in [-0.3, -0.25) is 9.59 Å². The van der Waals surface area contributed by atoms with E-state index in [9.17, 15) is 9.59 Å². The number of carbonyl (C=O) groups excluding carboxylic acids is 1. The van der Waals surface area contributed by atoms with Gasteiger partial charge in [-0.2, -0.15) is 0 Å². The van der Waals surface area contributed by atoms with E-state index in [-0.39, 0.29) is 11.5 Å². The SMILES string of the molecule is Cc1ccc2c(=O)n(C)cc(C(=O)NCCN(C)C)c2c1. The van der Waals surface area contributed by atoms with Crippen LogP contribution in [0.5, 0.6) is 0 Å². The Balaban J connectivity index is 2.43. The molecule has 0 atom stereocenters. The molecule has 0 aliphatic rings. The molecule has 5 heteroatoms. The van der Waals surface area contributed by atoms with Gasteiger partial charge in [0.15, 0.2) is 0 Å². The van der Waals surface area contributed by atoms with Crippen molar-refractivity contribution in [1.29, 1.82) is 0 Å². The van der Waals surface area contributed by atoms with Crippen molar-refractivity contribution in [2.45, 2.75) is 6.92 Å². The Hall–Kier alpha value is -2.14. The van der Waals surface area contributed by atoms with Crippen molar-refractivity contribution in [1.82, 2.24) is 14.8 Å². The van der Waals surface area contributed by atoms with Crippen molar-refractivity contribution in [2.24, 2.45) is 7.05 Å². The molecule has 0 saturated heterocycles. The molecule has 0 aliphatic heterocycles. The number of hydrogen-bond acceptors (Lipinski definition) is 3. The van der Waals surface area contributed by atoms with Crippen LogP contribution in [-0.4, -0.2) is 42.6 Å². The standard InChI is InChI=1S/C16H21N3O2/c1-11-5-6-12-13(9-11)14(10-19(4)16(12)21)15(20)17-7-8-18(2)3/h5-6,9-10H,7-8H2,1-4H3,(H,17,20). The van der Waals surface area contributed by atoms with Crippen LogP contribution in [0.3, 0.4) is 0 Å². The quantitative estimate of drug-likeness (QED) is 0.917. The predicted octanol–water partition coefficient (Wildman–Crippen LogP) is 1.14. The Morgan fingerprint density at radius 3 is 2.67 bits per heavy atom. The van der Waals surface area contributed by atoms with Crippen LogP contribution >= 0.6 is 0 Å². The van der Waals surface area contributed by atoms with Gasteiger partial charge in [0.1, 0.15) is 0 Å². The highest BCUT2D eigenvalue weighted by atomic mass is 16.2. The smallest absolute Gasteiger partial charge is 0.258 e. The number of pyridine rings is 1. The zero-order chi connectivity index (χ0) is 15.6. The molecule has 112 valence electrons. The summed E-state index contributed by atoms with van der Waals surface area (Å²) in [6.07, 6.45) is 1.61. The van der Waals surface area contributed by atoms with Crippen molar-refractivity contribution >= 4 is 16.7 Å². The van der Waals surface area contributed by atoms with E-state index in [0.29, 0.717) is 22.9 Å². The van der Waals surface area contributed by atoms with Crippen LogP contribution in [0.4, 0.5) is 0 Å². The van der Waals surface area contributed by atoms with Gasteiger partial charge in [-0.1, -0.05) is 17.7 Å². The second-order valence-corrected chi connectivity index (χ2v) is 5.57. The fourth-order valence-electron chi connectivity index (χ4n) is 2.25. The summed E-state index contributed by atoms with van der Waals surface area (Å²) in [7, 11) is 5.58. The highest BCUT2D eigenvalue weighted by Gasteiger charge is 2.13. The summed E-state index contributed by atoms with van der Waals surface area (Å²) < 4.78 is 1.46. The first kappa shape index (κ1) is 15.3. The molecular weight excluding hydrogens is 266 g/mol. The molecule has 0 bridgehead atoms. The first-order valence-electron chi connectivity index (χ1n) is 6.93. The first-order chi connectivity index (χ1) is 9.90. The molecule has 5 nitrogen and oxygen atoms in total. The molecule has 21 heavy (non-hydrogen) atoms. The Morgan fingerprint density at radius 2 is 2.00 bits per heavy atom. The van der Waals surface area contributed by atoms with Gasteiger partial charge in [0.2, 0.25) is 0 Å². The van der Waals surface area contributed by atoms with Gasteiger partial charge in [0.25, 0.3) is 11.5 Å². The van der Waals surface area contributed by atoms with Crippen molar-refractivity contribution in [3.63, 3.8) is 0 Å². The van der Waals surface area contributed by atoms with Crippen molar-refractivity contribution < 1.29 is 4.79 Å². The number of aryl methyl sites for hydroxylation is 2.